The average Bonchev–Trinajstić information content (AvgIpc) is 2.37. The molecule has 0 aliphatic carbocycles. The van der Waals surface area contributed by atoms with Crippen LogP contribution in [-0.2, 0) is 0 Å². The van der Waals surface area contributed by atoms with E-state index in [9.17, 15) is 0 Å². The number of hydrogen-bond donors (Lipinski definition) is 1. The number of allylic oxidation sites excluding steroid dienone is 4. The third-order valence-electron chi connectivity index (χ3n) is 3.08. The van der Waals surface area contributed by atoms with Gasteiger partial charge >= 0.3 is 0 Å². The Bertz CT molecular complexity index is 498. The van der Waals surface area contributed by atoms with Gasteiger partial charge in [0.2, 0.25) is 0 Å². The van der Waals surface area contributed by atoms with Gasteiger partial charge in [-0.3, -0.25) is 0 Å². The van der Waals surface area contributed by atoms with Crippen LogP contribution in [-0.4, -0.2) is 7.05 Å². The van der Waals surface area contributed by atoms with E-state index in [0.29, 0.717) is 0 Å². The predicted molar refractivity (Wildman–Crippen MR) is 90.4 cm³/mol. The van der Waals surface area contributed by atoms with Gasteiger partial charge in [0.15, 0.2) is 0 Å². The minimum Gasteiger partial charge on any atom is -0.394 e. The van der Waals surface area contributed by atoms with Crippen molar-refractivity contribution in [2.75, 3.05) is 7.05 Å². The quantitative estimate of drug-likeness (QED) is 0.726. The van der Waals surface area contributed by atoms with Crippen LogP contribution in [0.4, 0.5) is 0 Å². The summed E-state index contributed by atoms with van der Waals surface area (Å²) in [6, 6.07) is 10.3. The van der Waals surface area contributed by atoms with Gasteiger partial charge in [-0.1, -0.05) is 63.8 Å². The maximum absolute atomic E-state index is 4.18. The molecule has 0 radical (unpaired) electrons. The van der Waals surface area contributed by atoms with Crippen LogP contribution in [0.5, 0.6) is 0 Å². The van der Waals surface area contributed by atoms with Gasteiger partial charge in [-0.25, -0.2) is 0 Å². The van der Waals surface area contributed by atoms with Gasteiger partial charge < -0.3 is 5.32 Å². The zero-order chi connectivity index (χ0) is 15.2. The number of nitrogens with one attached hydrogen (secondary N) is 1. The molecule has 0 aliphatic rings. The Hall–Kier alpha value is -1.76. The van der Waals surface area contributed by atoms with Gasteiger partial charge in [-0.2, -0.15) is 0 Å². The second-order valence-corrected chi connectivity index (χ2v) is 6.41. The highest BCUT2D eigenvalue weighted by molar-refractivity contribution is 5.73. The molecule has 0 aromatic heterocycles. The lowest BCUT2D eigenvalue weighted by atomic mass is 9.85. The van der Waals surface area contributed by atoms with Crippen molar-refractivity contribution in [3.05, 3.63) is 65.9 Å². The monoisotopic (exact) mass is 269 g/mol. The summed E-state index contributed by atoms with van der Waals surface area (Å²) in [6.45, 7) is 13.1. The minimum absolute atomic E-state index is 0.270. The molecule has 1 aromatic rings. The Labute approximate surface area is 124 Å². The van der Waals surface area contributed by atoms with Crippen LogP contribution in [0.3, 0.4) is 0 Å². The summed E-state index contributed by atoms with van der Waals surface area (Å²) in [6.07, 6.45) is 5.30. The first-order valence-corrected chi connectivity index (χ1v) is 7.13. The summed E-state index contributed by atoms with van der Waals surface area (Å²) in [5.41, 5.74) is 5.09. The van der Waals surface area contributed by atoms with E-state index in [4.69, 9.17) is 0 Å². The van der Waals surface area contributed by atoms with Crippen LogP contribution in [0.1, 0.15) is 39.7 Å². The Morgan fingerprint density at radius 3 is 2.30 bits per heavy atom. The predicted octanol–water partition coefficient (Wildman–Crippen LogP) is 5.19. The van der Waals surface area contributed by atoms with Gasteiger partial charge in [0.1, 0.15) is 0 Å². The van der Waals surface area contributed by atoms with Crippen molar-refractivity contribution in [2.45, 2.75) is 34.1 Å². The van der Waals surface area contributed by atoms with E-state index in [2.05, 4.69) is 64.0 Å². The molecule has 0 fully saturated rings. The summed E-state index contributed by atoms with van der Waals surface area (Å²) < 4.78 is 0. The normalized spacial score (nSPS) is 13.2. The first-order valence-electron chi connectivity index (χ1n) is 7.13. The van der Waals surface area contributed by atoms with E-state index in [0.717, 1.165) is 12.0 Å². The summed E-state index contributed by atoms with van der Waals surface area (Å²) in [7, 11) is 1.95. The summed E-state index contributed by atoms with van der Waals surface area (Å²) in [4.78, 5) is 0. The lowest BCUT2D eigenvalue weighted by Crippen LogP contribution is -2.09. The third kappa shape index (κ3) is 5.48. The van der Waals surface area contributed by atoms with Crippen molar-refractivity contribution in [1.82, 2.24) is 5.32 Å². The van der Waals surface area contributed by atoms with Crippen LogP contribution < -0.4 is 5.32 Å². The third-order valence-corrected chi connectivity index (χ3v) is 3.08. The molecule has 20 heavy (non-hydrogen) atoms. The van der Waals surface area contributed by atoms with Crippen molar-refractivity contribution in [1.29, 1.82) is 0 Å². The van der Waals surface area contributed by atoms with E-state index in [1.807, 2.05) is 25.2 Å². The largest absolute Gasteiger partial charge is 0.394 e. The fourth-order valence-corrected chi connectivity index (χ4v) is 2.14. The maximum atomic E-state index is 4.18. The van der Waals surface area contributed by atoms with Gasteiger partial charge in [-0.05, 0) is 47.2 Å². The number of benzene rings is 1. The van der Waals surface area contributed by atoms with Crippen molar-refractivity contribution in [2.24, 2.45) is 5.41 Å². The van der Waals surface area contributed by atoms with E-state index < -0.39 is 0 Å². The summed E-state index contributed by atoms with van der Waals surface area (Å²) >= 11 is 0. The SMILES string of the molecule is C=C(/C=C(C)\C(=C/NC)CC(C)(C)C)c1ccccc1. The molecular formula is C19H27N. The lowest BCUT2D eigenvalue weighted by molar-refractivity contribution is 0.410. The average molecular weight is 269 g/mol. The molecule has 0 unspecified atom stereocenters. The van der Waals surface area contributed by atoms with Crippen molar-refractivity contribution in [3.8, 4) is 0 Å². The Balaban J connectivity index is 2.95. The Morgan fingerprint density at radius 1 is 1.20 bits per heavy atom. The number of hydrogen-bond acceptors (Lipinski definition) is 1. The lowest BCUT2D eigenvalue weighted by Gasteiger charge is -2.21. The molecule has 0 aliphatic heterocycles. The van der Waals surface area contributed by atoms with Gasteiger partial charge in [-0.15, -0.1) is 0 Å². The van der Waals surface area contributed by atoms with Crippen molar-refractivity contribution >= 4 is 5.57 Å². The van der Waals surface area contributed by atoms with Gasteiger partial charge in [0, 0.05) is 7.05 Å². The summed E-state index contributed by atoms with van der Waals surface area (Å²) in [5.74, 6) is 0. The second-order valence-electron chi connectivity index (χ2n) is 6.41. The Kier molecular flexibility index (Phi) is 5.82. The molecule has 0 saturated heterocycles. The van der Waals surface area contributed by atoms with Gasteiger partial charge in [0.05, 0.1) is 0 Å². The van der Waals surface area contributed by atoms with Crippen LogP contribution in [0, 0.1) is 5.41 Å². The van der Waals surface area contributed by atoms with Crippen molar-refractivity contribution in [3.63, 3.8) is 0 Å². The Morgan fingerprint density at radius 2 is 1.80 bits per heavy atom. The highest BCUT2D eigenvalue weighted by Gasteiger charge is 2.14. The first kappa shape index (κ1) is 16.3. The fraction of sp³-hybridized carbons (Fsp3) is 0.368. The van der Waals surface area contributed by atoms with Crippen LogP contribution in [0.25, 0.3) is 5.57 Å². The highest BCUT2D eigenvalue weighted by Crippen LogP contribution is 2.29. The molecule has 0 spiro atoms. The summed E-state index contributed by atoms with van der Waals surface area (Å²) in [5, 5.41) is 3.15. The molecule has 108 valence electrons. The van der Waals surface area contributed by atoms with Crippen LogP contribution in [0.15, 0.2) is 60.3 Å². The molecule has 1 rings (SSSR count). The standard InChI is InChI=1S/C19H27N/c1-15(17-10-8-7-9-11-17)12-16(2)18(14-20-6)13-19(3,4)5/h7-12,14,20H,1,13H2,2-6H3/b16-12-,18-14-. The van der Waals surface area contributed by atoms with Gasteiger partial charge in [0.25, 0.3) is 0 Å². The molecular weight excluding hydrogens is 242 g/mol. The topological polar surface area (TPSA) is 12.0 Å². The van der Waals surface area contributed by atoms with E-state index >= 15 is 0 Å². The fourth-order valence-electron chi connectivity index (χ4n) is 2.14. The van der Waals surface area contributed by atoms with Crippen molar-refractivity contribution < 1.29 is 0 Å². The molecule has 1 nitrogen and oxygen atoms in total. The second kappa shape index (κ2) is 7.14. The molecule has 0 amide bonds. The molecule has 0 heterocycles. The van der Waals surface area contributed by atoms with E-state index in [-0.39, 0.29) is 5.41 Å². The molecule has 0 atom stereocenters. The first-order chi connectivity index (χ1) is 9.33. The number of rotatable bonds is 5. The van der Waals surface area contributed by atoms with E-state index in [1.54, 1.807) is 0 Å². The molecule has 0 bridgehead atoms. The highest BCUT2D eigenvalue weighted by atomic mass is 14.8. The zero-order valence-corrected chi connectivity index (χ0v) is 13.5. The molecule has 1 N–H and O–H groups in total. The zero-order valence-electron chi connectivity index (χ0n) is 13.5. The molecule has 1 aromatic carbocycles. The molecule has 1 heteroatoms. The smallest absolute Gasteiger partial charge is 0.00278 e. The maximum Gasteiger partial charge on any atom is 0.00278 e. The molecule has 0 saturated carbocycles. The van der Waals surface area contributed by atoms with Crippen LogP contribution in [0.2, 0.25) is 0 Å². The van der Waals surface area contributed by atoms with Crippen LogP contribution >= 0.6 is 0 Å². The van der Waals surface area contributed by atoms with E-state index in [1.165, 1.54) is 16.7 Å². The minimum atomic E-state index is 0.270.